The molecule has 1 rings (SSSR count). The highest BCUT2D eigenvalue weighted by molar-refractivity contribution is 5.76. The standard InChI is InChI=1S/C48H96N2O9/c1-4-7-10-13-16-17-18-19-20-21-23-28-33-41(52)44(54)40(39-58-48-47(57)46(56)45(55)42(38-51)59-48)49-43(53)34-29-24-22-27-32-37-50(35-30-25-14-11-8-5-2)36-31-26-15-12-9-6-3/h40-42,44-48,51-52,54-57H,4-39H2,1-3H3,(H,49,53)/t40-,41+,42+,44-,45-,46-,47+,48-/m0/s1. The summed E-state index contributed by atoms with van der Waals surface area (Å²) in [5.41, 5.74) is 0. The number of amides is 1. The Morgan fingerprint density at radius 2 is 0.983 bits per heavy atom. The molecular formula is C48H96N2O9. The van der Waals surface area contributed by atoms with Crippen molar-refractivity contribution in [2.75, 3.05) is 32.8 Å². The summed E-state index contributed by atoms with van der Waals surface area (Å²) in [5.74, 6) is -0.256. The summed E-state index contributed by atoms with van der Waals surface area (Å²) in [6, 6.07) is -0.994. The number of carbonyl (C=O) groups excluding carboxylic acids is 1. The first kappa shape index (κ1) is 56.1. The third-order valence-electron chi connectivity index (χ3n) is 12.3. The number of nitrogens with zero attached hydrogens (tertiary/aromatic N) is 1. The van der Waals surface area contributed by atoms with Gasteiger partial charge < -0.3 is 50.3 Å². The Hall–Kier alpha value is -0.890. The van der Waals surface area contributed by atoms with Gasteiger partial charge in [-0.3, -0.25) is 4.79 Å². The van der Waals surface area contributed by atoms with Crippen LogP contribution in [-0.2, 0) is 14.3 Å². The highest BCUT2D eigenvalue weighted by atomic mass is 16.7. The fourth-order valence-electron chi connectivity index (χ4n) is 8.26. The smallest absolute Gasteiger partial charge is 0.220 e. The maximum Gasteiger partial charge on any atom is 0.220 e. The molecule has 59 heavy (non-hydrogen) atoms. The van der Waals surface area contributed by atoms with Crippen molar-refractivity contribution in [2.45, 2.75) is 269 Å². The highest BCUT2D eigenvalue weighted by Gasteiger charge is 2.44. The largest absolute Gasteiger partial charge is 0.394 e. The molecule has 1 aliphatic rings. The summed E-state index contributed by atoms with van der Waals surface area (Å²) in [7, 11) is 0. The Labute approximate surface area is 361 Å². The van der Waals surface area contributed by atoms with Gasteiger partial charge in [-0.15, -0.1) is 0 Å². The molecule has 7 N–H and O–H groups in total. The molecule has 0 aromatic carbocycles. The first-order chi connectivity index (χ1) is 28.7. The lowest BCUT2D eigenvalue weighted by atomic mass is 9.98. The molecule has 1 heterocycles. The lowest BCUT2D eigenvalue weighted by Crippen LogP contribution is -2.60. The minimum absolute atomic E-state index is 0.256. The van der Waals surface area contributed by atoms with Crippen LogP contribution in [0.5, 0.6) is 0 Å². The molecule has 0 aromatic rings. The van der Waals surface area contributed by atoms with E-state index in [9.17, 15) is 35.4 Å². The third kappa shape index (κ3) is 28.4. The van der Waals surface area contributed by atoms with Gasteiger partial charge in [-0.1, -0.05) is 181 Å². The normalized spacial score (nSPS) is 21.2. The van der Waals surface area contributed by atoms with Crippen LogP contribution in [0.25, 0.3) is 0 Å². The van der Waals surface area contributed by atoms with E-state index in [0.29, 0.717) is 12.8 Å². The first-order valence-electron chi connectivity index (χ1n) is 25.0. The lowest BCUT2D eigenvalue weighted by Gasteiger charge is -2.40. The summed E-state index contributed by atoms with van der Waals surface area (Å²) >= 11 is 0. The van der Waals surface area contributed by atoms with Crippen LogP contribution in [0, 0.1) is 0 Å². The molecule has 0 spiro atoms. The number of carbonyl (C=O) groups is 1. The van der Waals surface area contributed by atoms with E-state index in [2.05, 4.69) is 31.0 Å². The number of nitrogens with one attached hydrogen (secondary N) is 1. The number of hydrogen-bond acceptors (Lipinski definition) is 10. The SMILES string of the molecule is CCCCCCCCCCCCCC[C@@H](O)[C@@H](O)[C@H](CO[C@H]1O[C@H](CO)[C@H](O)[C@H](O)[C@H]1O)NC(=O)CCCCCCCN(CCCCCCCC)CCCCCCCC. The van der Waals surface area contributed by atoms with Crippen LogP contribution >= 0.6 is 0 Å². The van der Waals surface area contributed by atoms with Crippen molar-refractivity contribution >= 4 is 5.91 Å². The zero-order valence-electron chi connectivity index (χ0n) is 38.4. The molecule has 0 radical (unpaired) electrons. The second-order valence-electron chi connectivity index (χ2n) is 17.8. The summed E-state index contributed by atoms with van der Waals surface area (Å²) in [5, 5.41) is 65.5. The van der Waals surface area contributed by atoms with Crippen molar-refractivity contribution in [1.29, 1.82) is 0 Å². The number of rotatable bonds is 42. The quantitative estimate of drug-likeness (QED) is 0.0296. The van der Waals surface area contributed by atoms with E-state index in [-0.39, 0.29) is 18.9 Å². The molecule has 8 atom stereocenters. The van der Waals surface area contributed by atoms with Gasteiger partial charge in [-0.25, -0.2) is 0 Å². The van der Waals surface area contributed by atoms with Gasteiger partial charge in [0.15, 0.2) is 6.29 Å². The number of ether oxygens (including phenoxy) is 2. The predicted molar refractivity (Wildman–Crippen MR) is 240 cm³/mol. The van der Waals surface area contributed by atoms with Gasteiger partial charge in [0.25, 0.3) is 0 Å². The van der Waals surface area contributed by atoms with Gasteiger partial charge >= 0.3 is 0 Å². The van der Waals surface area contributed by atoms with Gasteiger partial charge in [-0.05, 0) is 51.7 Å². The van der Waals surface area contributed by atoms with Crippen molar-refractivity contribution < 1.29 is 44.9 Å². The Bertz CT molecular complexity index is 915. The first-order valence-corrected chi connectivity index (χ1v) is 25.0. The maximum absolute atomic E-state index is 13.2. The molecule has 0 aliphatic carbocycles. The summed E-state index contributed by atoms with van der Waals surface area (Å²) in [6.45, 7) is 9.40. The predicted octanol–water partition coefficient (Wildman–Crippen LogP) is 8.46. The van der Waals surface area contributed by atoms with Crippen molar-refractivity contribution in [1.82, 2.24) is 10.2 Å². The Morgan fingerprint density at radius 3 is 1.42 bits per heavy atom. The number of aliphatic hydroxyl groups excluding tert-OH is 6. The summed E-state index contributed by atoms with van der Waals surface area (Å²) in [6.07, 6.45) is 26.1. The number of unbranched alkanes of at least 4 members (excludes halogenated alkanes) is 25. The van der Waals surface area contributed by atoms with E-state index in [1.165, 1.54) is 148 Å². The monoisotopic (exact) mass is 845 g/mol. The van der Waals surface area contributed by atoms with Crippen LogP contribution < -0.4 is 5.32 Å². The lowest BCUT2D eigenvalue weighted by molar-refractivity contribution is -0.303. The van der Waals surface area contributed by atoms with Crippen molar-refractivity contribution in [3.8, 4) is 0 Å². The molecule has 1 aliphatic heterocycles. The Morgan fingerprint density at radius 1 is 0.576 bits per heavy atom. The fraction of sp³-hybridized carbons (Fsp3) is 0.979. The maximum atomic E-state index is 13.2. The zero-order chi connectivity index (χ0) is 43.4. The molecule has 11 heteroatoms. The van der Waals surface area contributed by atoms with Gasteiger partial charge in [0.2, 0.25) is 5.91 Å². The number of aliphatic hydroxyl groups is 6. The molecular weight excluding hydrogens is 749 g/mol. The molecule has 1 fully saturated rings. The van der Waals surface area contributed by atoms with Crippen LogP contribution in [0.3, 0.4) is 0 Å². The van der Waals surface area contributed by atoms with Crippen molar-refractivity contribution in [3.63, 3.8) is 0 Å². The fourth-order valence-corrected chi connectivity index (χ4v) is 8.26. The molecule has 1 amide bonds. The molecule has 0 saturated carbocycles. The molecule has 352 valence electrons. The summed E-state index contributed by atoms with van der Waals surface area (Å²) < 4.78 is 11.2. The molecule has 1 saturated heterocycles. The Kier molecular flexibility index (Phi) is 36.9. The highest BCUT2D eigenvalue weighted by Crippen LogP contribution is 2.23. The molecule has 11 nitrogen and oxygen atoms in total. The van der Waals surface area contributed by atoms with Gasteiger partial charge in [0.05, 0.1) is 25.4 Å². The van der Waals surface area contributed by atoms with E-state index in [0.717, 1.165) is 51.5 Å². The third-order valence-corrected chi connectivity index (χ3v) is 12.3. The average molecular weight is 845 g/mol. The van der Waals surface area contributed by atoms with Crippen LogP contribution in [0.15, 0.2) is 0 Å². The van der Waals surface area contributed by atoms with E-state index >= 15 is 0 Å². The van der Waals surface area contributed by atoms with Crippen molar-refractivity contribution in [3.05, 3.63) is 0 Å². The van der Waals surface area contributed by atoms with E-state index < -0.39 is 55.6 Å². The van der Waals surface area contributed by atoms with Crippen LogP contribution in [-0.4, -0.2) is 123 Å². The van der Waals surface area contributed by atoms with Crippen molar-refractivity contribution in [2.24, 2.45) is 0 Å². The Balaban J connectivity index is 2.56. The van der Waals surface area contributed by atoms with Gasteiger partial charge in [0.1, 0.15) is 30.5 Å². The van der Waals surface area contributed by atoms with Crippen LogP contribution in [0.4, 0.5) is 0 Å². The number of hydrogen-bond donors (Lipinski definition) is 7. The molecule has 0 aromatic heterocycles. The van der Waals surface area contributed by atoms with E-state index in [1.54, 1.807) is 0 Å². The van der Waals surface area contributed by atoms with Gasteiger partial charge in [0, 0.05) is 6.42 Å². The molecule has 0 bridgehead atoms. The minimum Gasteiger partial charge on any atom is -0.394 e. The molecule has 0 unspecified atom stereocenters. The van der Waals surface area contributed by atoms with Gasteiger partial charge in [-0.2, -0.15) is 0 Å². The van der Waals surface area contributed by atoms with Crippen LogP contribution in [0.2, 0.25) is 0 Å². The average Bonchev–Trinajstić information content (AvgIpc) is 3.23. The van der Waals surface area contributed by atoms with E-state index in [4.69, 9.17) is 9.47 Å². The second-order valence-corrected chi connectivity index (χ2v) is 17.8. The van der Waals surface area contributed by atoms with Crippen LogP contribution in [0.1, 0.15) is 220 Å². The minimum atomic E-state index is -1.61. The second kappa shape index (κ2) is 38.8. The summed E-state index contributed by atoms with van der Waals surface area (Å²) in [4.78, 5) is 15.8. The zero-order valence-corrected chi connectivity index (χ0v) is 38.4. The van der Waals surface area contributed by atoms with E-state index in [1.807, 2.05) is 0 Å². The topological polar surface area (TPSA) is 172 Å².